The Morgan fingerprint density at radius 1 is 1.16 bits per heavy atom. The number of rotatable bonds is 7. The van der Waals surface area contributed by atoms with Crippen molar-refractivity contribution in [1.82, 2.24) is 5.32 Å². The van der Waals surface area contributed by atoms with E-state index >= 15 is 0 Å². The molecule has 1 amide bonds. The number of piperidine rings is 1. The minimum Gasteiger partial charge on any atom is -0.371 e. The Morgan fingerprint density at radius 2 is 1.87 bits per heavy atom. The van der Waals surface area contributed by atoms with E-state index in [0.717, 1.165) is 29.2 Å². The molecule has 2 aromatic rings. The highest BCUT2D eigenvalue weighted by atomic mass is 35.5. The number of carbonyl (C=O) groups is 1. The van der Waals surface area contributed by atoms with Gasteiger partial charge in [0.1, 0.15) is 6.54 Å². The van der Waals surface area contributed by atoms with Crippen LogP contribution in [0.4, 0.5) is 11.4 Å². The van der Waals surface area contributed by atoms with Crippen LogP contribution in [0.3, 0.4) is 0 Å². The van der Waals surface area contributed by atoms with E-state index in [4.69, 9.17) is 23.2 Å². The molecule has 168 valence electrons. The zero-order valence-corrected chi connectivity index (χ0v) is 20.0. The average Bonchev–Trinajstić information content (AvgIpc) is 2.72. The van der Waals surface area contributed by atoms with Gasteiger partial charge in [0.15, 0.2) is 0 Å². The summed E-state index contributed by atoms with van der Waals surface area (Å²) in [5, 5.41) is 3.32. The van der Waals surface area contributed by atoms with Crippen molar-refractivity contribution in [1.29, 1.82) is 0 Å². The van der Waals surface area contributed by atoms with Crippen molar-refractivity contribution in [3.8, 4) is 0 Å². The molecule has 1 unspecified atom stereocenters. The third-order valence-electron chi connectivity index (χ3n) is 5.33. The van der Waals surface area contributed by atoms with Gasteiger partial charge in [-0.05, 0) is 54.7 Å². The highest BCUT2D eigenvalue weighted by molar-refractivity contribution is 7.92. The van der Waals surface area contributed by atoms with Crippen LogP contribution in [-0.2, 0) is 21.4 Å². The Kier molecular flexibility index (Phi) is 7.73. The van der Waals surface area contributed by atoms with Gasteiger partial charge in [-0.25, -0.2) is 8.42 Å². The topological polar surface area (TPSA) is 69.7 Å². The summed E-state index contributed by atoms with van der Waals surface area (Å²) in [6.45, 7) is 4.37. The number of hydrogen-bond acceptors (Lipinski definition) is 4. The molecule has 9 heteroatoms. The first-order valence-corrected chi connectivity index (χ1v) is 12.8. The number of nitrogens with one attached hydrogen (secondary N) is 1. The molecule has 3 rings (SSSR count). The van der Waals surface area contributed by atoms with Crippen LogP contribution in [0.1, 0.15) is 25.3 Å². The summed E-state index contributed by atoms with van der Waals surface area (Å²) in [5.41, 5.74) is 2.42. The summed E-state index contributed by atoms with van der Waals surface area (Å²) < 4.78 is 25.4. The van der Waals surface area contributed by atoms with Crippen LogP contribution in [0.2, 0.25) is 10.0 Å². The van der Waals surface area contributed by atoms with Gasteiger partial charge < -0.3 is 10.2 Å². The molecule has 0 saturated carbocycles. The van der Waals surface area contributed by atoms with Crippen LogP contribution in [0.25, 0.3) is 0 Å². The minimum absolute atomic E-state index is 0.219. The lowest BCUT2D eigenvalue weighted by atomic mass is 9.99. The number of amides is 1. The van der Waals surface area contributed by atoms with Crippen molar-refractivity contribution in [2.24, 2.45) is 5.92 Å². The van der Waals surface area contributed by atoms with Crippen molar-refractivity contribution in [3.05, 3.63) is 58.1 Å². The highest BCUT2D eigenvalue weighted by Crippen LogP contribution is 2.28. The summed E-state index contributed by atoms with van der Waals surface area (Å²) in [5.74, 6) is 0.284. The van der Waals surface area contributed by atoms with Gasteiger partial charge in [-0.15, -0.1) is 0 Å². The molecule has 1 aliphatic rings. The number of sulfonamides is 1. The van der Waals surface area contributed by atoms with Gasteiger partial charge in [0.25, 0.3) is 0 Å². The van der Waals surface area contributed by atoms with Gasteiger partial charge >= 0.3 is 0 Å². The van der Waals surface area contributed by atoms with E-state index < -0.39 is 15.9 Å². The number of benzene rings is 2. The van der Waals surface area contributed by atoms with Crippen LogP contribution >= 0.6 is 23.2 Å². The lowest BCUT2D eigenvalue weighted by molar-refractivity contribution is -0.119. The predicted octanol–water partition coefficient (Wildman–Crippen LogP) is 4.31. The van der Waals surface area contributed by atoms with Crippen molar-refractivity contribution in [3.63, 3.8) is 0 Å². The zero-order chi connectivity index (χ0) is 22.6. The fraction of sp³-hybridized carbons (Fsp3) is 0.409. The van der Waals surface area contributed by atoms with Crippen LogP contribution in [0, 0.1) is 5.92 Å². The highest BCUT2D eigenvalue weighted by Gasteiger charge is 2.21. The van der Waals surface area contributed by atoms with Crippen molar-refractivity contribution in [2.45, 2.75) is 26.3 Å². The molecule has 1 saturated heterocycles. The van der Waals surface area contributed by atoms with E-state index in [9.17, 15) is 13.2 Å². The lowest BCUT2D eigenvalue weighted by Crippen LogP contribution is -2.40. The number of anilines is 2. The standard InChI is InChI=1S/C22H27Cl2N3O3S/c1-16-4-3-11-26(14-16)18-7-5-17(6-8-18)13-25-22(28)15-27(31(2,29)30)19-9-10-20(23)21(24)12-19/h5-10,12,16H,3-4,11,13-15H2,1-2H3,(H,25,28). The van der Waals surface area contributed by atoms with Gasteiger partial charge in [-0.3, -0.25) is 9.10 Å². The first-order chi connectivity index (χ1) is 14.6. The van der Waals surface area contributed by atoms with Crippen molar-refractivity contribution < 1.29 is 13.2 Å². The molecule has 1 heterocycles. The quantitative estimate of drug-likeness (QED) is 0.636. The summed E-state index contributed by atoms with van der Waals surface area (Å²) in [6.07, 6.45) is 3.52. The van der Waals surface area contributed by atoms with Crippen molar-refractivity contribution in [2.75, 3.05) is 35.1 Å². The third-order valence-corrected chi connectivity index (χ3v) is 7.21. The third kappa shape index (κ3) is 6.51. The van der Waals surface area contributed by atoms with E-state index in [-0.39, 0.29) is 17.3 Å². The van der Waals surface area contributed by atoms with Gasteiger partial charge in [0.05, 0.1) is 22.0 Å². The molecular formula is C22H27Cl2N3O3S. The lowest BCUT2D eigenvalue weighted by Gasteiger charge is -2.32. The molecule has 1 aliphatic heterocycles. The molecule has 0 aromatic heterocycles. The molecule has 1 fully saturated rings. The van der Waals surface area contributed by atoms with Crippen LogP contribution in [-0.4, -0.2) is 40.2 Å². The summed E-state index contributed by atoms with van der Waals surface area (Å²) in [6, 6.07) is 12.6. The largest absolute Gasteiger partial charge is 0.371 e. The first kappa shape index (κ1) is 23.7. The fourth-order valence-electron chi connectivity index (χ4n) is 3.68. The maximum absolute atomic E-state index is 12.5. The molecular weight excluding hydrogens is 457 g/mol. The van der Waals surface area contributed by atoms with E-state index in [1.807, 2.05) is 12.1 Å². The van der Waals surface area contributed by atoms with Gasteiger partial charge in [0, 0.05) is 25.3 Å². The second-order valence-electron chi connectivity index (χ2n) is 8.00. The normalized spacial score (nSPS) is 16.8. The van der Waals surface area contributed by atoms with E-state index in [1.54, 1.807) is 0 Å². The molecule has 0 radical (unpaired) electrons. The molecule has 0 spiro atoms. The Bertz CT molecular complexity index is 1030. The number of hydrogen-bond donors (Lipinski definition) is 1. The Morgan fingerprint density at radius 3 is 2.48 bits per heavy atom. The zero-order valence-electron chi connectivity index (χ0n) is 17.6. The maximum Gasteiger partial charge on any atom is 0.241 e. The number of nitrogens with zero attached hydrogens (tertiary/aromatic N) is 2. The maximum atomic E-state index is 12.5. The molecule has 1 atom stereocenters. The van der Waals surface area contributed by atoms with Gasteiger partial charge in [-0.1, -0.05) is 42.3 Å². The monoisotopic (exact) mass is 483 g/mol. The van der Waals surface area contributed by atoms with Crippen molar-refractivity contribution >= 4 is 50.5 Å². The Balaban J connectivity index is 1.60. The number of halogens is 2. The molecule has 1 N–H and O–H groups in total. The summed E-state index contributed by atoms with van der Waals surface area (Å²) >= 11 is 11.9. The predicted molar refractivity (Wildman–Crippen MR) is 128 cm³/mol. The molecule has 0 bridgehead atoms. The number of carbonyl (C=O) groups excluding carboxylic acids is 1. The van der Waals surface area contributed by atoms with Gasteiger partial charge in [-0.2, -0.15) is 0 Å². The Labute approximate surface area is 194 Å². The molecule has 6 nitrogen and oxygen atoms in total. The second-order valence-corrected chi connectivity index (χ2v) is 10.7. The van der Waals surface area contributed by atoms with Gasteiger partial charge in [0.2, 0.25) is 15.9 Å². The van der Waals surface area contributed by atoms with E-state index in [0.29, 0.717) is 17.5 Å². The van der Waals surface area contributed by atoms with E-state index in [2.05, 4.69) is 29.3 Å². The summed E-state index contributed by atoms with van der Waals surface area (Å²) in [7, 11) is -3.68. The molecule has 31 heavy (non-hydrogen) atoms. The average molecular weight is 484 g/mol. The van der Waals surface area contributed by atoms with Crippen LogP contribution in [0.5, 0.6) is 0 Å². The Hall–Kier alpha value is -1.96. The SMILES string of the molecule is CC1CCCN(c2ccc(CNC(=O)CN(c3ccc(Cl)c(Cl)c3)S(C)(=O)=O)cc2)C1. The minimum atomic E-state index is -3.68. The molecule has 2 aromatic carbocycles. The second kappa shape index (κ2) is 10.1. The van der Waals surface area contributed by atoms with E-state index in [1.165, 1.54) is 36.7 Å². The molecule has 0 aliphatic carbocycles. The first-order valence-electron chi connectivity index (χ1n) is 10.2. The van der Waals surface area contributed by atoms with Crippen LogP contribution in [0.15, 0.2) is 42.5 Å². The summed E-state index contributed by atoms with van der Waals surface area (Å²) in [4.78, 5) is 14.9. The fourth-order valence-corrected chi connectivity index (χ4v) is 4.82. The smallest absolute Gasteiger partial charge is 0.241 e. The van der Waals surface area contributed by atoms with Crippen LogP contribution < -0.4 is 14.5 Å².